The predicted molar refractivity (Wildman–Crippen MR) is 145 cm³/mol. The summed E-state index contributed by atoms with van der Waals surface area (Å²) in [6, 6.07) is 37.9. The maximum absolute atomic E-state index is 6.27. The first-order valence-electron chi connectivity index (χ1n) is 12.1. The number of hydrogen-bond donors (Lipinski definition) is 0. The number of oxazole rings is 1. The second-order valence-corrected chi connectivity index (χ2v) is 9.19. The van der Waals surface area contributed by atoms with E-state index >= 15 is 0 Å². The third kappa shape index (κ3) is 3.01. The number of imidazole rings is 1. The molecule has 0 amide bonds. The van der Waals surface area contributed by atoms with Crippen LogP contribution in [-0.2, 0) is 7.05 Å². The average molecular weight is 467 g/mol. The molecule has 0 bridgehead atoms. The molecule has 0 unspecified atom stereocenters. The van der Waals surface area contributed by atoms with E-state index in [1.807, 2.05) is 36.4 Å². The van der Waals surface area contributed by atoms with Gasteiger partial charge in [-0.25, -0.2) is 9.55 Å². The molecule has 7 rings (SSSR count). The molecule has 4 nitrogen and oxygen atoms in total. The van der Waals surface area contributed by atoms with E-state index in [-0.39, 0.29) is 0 Å². The summed E-state index contributed by atoms with van der Waals surface area (Å²) in [6.07, 6.45) is 0. The molecule has 0 saturated carbocycles. The monoisotopic (exact) mass is 466 g/mol. The maximum Gasteiger partial charge on any atom is 0.297 e. The number of fused-ring (bicyclic) bond motifs is 3. The Balaban J connectivity index is 1.61. The van der Waals surface area contributed by atoms with Gasteiger partial charge in [-0.05, 0) is 54.3 Å². The molecule has 0 aliphatic rings. The van der Waals surface area contributed by atoms with Crippen molar-refractivity contribution in [1.29, 1.82) is 0 Å². The maximum atomic E-state index is 6.27. The van der Waals surface area contributed by atoms with Crippen LogP contribution in [0.3, 0.4) is 0 Å². The van der Waals surface area contributed by atoms with Crippen molar-refractivity contribution in [1.82, 2.24) is 9.55 Å². The van der Waals surface area contributed by atoms with E-state index in [0.29, 0.717) is 5.89 Å². The Morgan fingerprint density at radius 3 is 2.39 bits per heavy atom. The molecule has 2 heterocycles. The van der Waals surface area contributed by atoms with Crippen LogP contribution in [0.15, 0.2) is 114 Å². The van der Waals surface area contributed by atoms with Crippen molar-refractivity contribution in [2.24, 2.45) is 7.05 Å². The van der Waals surface area contributed by atoms with E-state index in [1.54, 1.807) is 0 Å². The van der Waals surface area contributed by atoms with Gasteiger partial charge in [0.05, 0.1) is 12.6 Å². The Morgan fingerprint density at radius 1 is 0.750 bits per heavy atom. The molecule has 0 fully saturated rings. The van der Waals surface area contributed by atoms with Crippen LogP contribution in [0, 0.1) is 6.92 Å². The van der Waals surface area contributed by atoms with Crippen molar-refractivity contribution in [3.05, 3.63) is 115 Å². The van der Waals surface area contributed by atoms with Gasteiger partial charge >= 0.3 is 0 Å². The third-order valence-corrected chi connectivity index (χ3v) is 7.03. The summed E-state index contributed by atoms with van der Waals surface area (Å²) in [5.41, 5.74) is 8.29. The van der Waals surface area contributed by atoms with Gasteiger partial charge in [0.15, 0.2) is 16.6 Å². The number of aromatic nitrogens is 3. The number of para-hydroxylation sites is 2. The van der Waals surface area contributed by atoms with Gasteiger partial charge in [-0.15, -0.1) is 0 Å². The molecule has 0 radical (unpaired) electrons. The first-order valence-corrected chi connectivity index (χ1v) is 12.1. The number of rotatable bonds is 3. The number of benzene rings is 5. The molecule has 0 atom stereocenters. The molecule has 0 aliphatic carbocycles. The van der Waals surface area contributed by atoms with Gasteiger partial charge in [0, 0.05) is 10.9 Å². The number of nitrogens with zero attached hydrogens (tertiary/aromatic N) is 3. The van der Waals surface area contributed by atoms with Gasteiger partial charge < -0.3 is 4.42 Å². The van der Waals surface area contributed by atoms with Gasteiger partial charge in [0.25, 0.3) is 5.82 Å². The lowest BCUT2D eigenvalue weighted by Crippen LogP contribution is -2.30. The van der Waals surface area contributed by atoms with Crippen LogP contribution in [0.4, 0.5) is 0 Å². The first-order chi connectivity index (χ1) is 17.7. The fraction of sp³-hybridized carbons (Fsp3) is 0.0625. The quantitative estimate of drug-likeness (QED) is 0.254. The molecule has 172 valence electrons. The molecule has 0 saturated heterocycles. The van der Waals surface area contributed by atoms with Crippen LogP contribution in [-0.4, -0.2) is 9.55 Å². The first kappa shape index (κ1) is 20.7. The van der Waals surface area contributed by atoms with E-state index in [4.69, 9.17) is 9.40 Å². The zero-order chi connectivity index (χ0) is 24.2. The predicted octanol–water partition coefficient (Wildman–Crippen LogP) is 7.39. The Labute approximate surface area is 208 Å². The summed E-state index contributed by atoms with van der Waals surface area (Å²) in [7, 11) is 2.13. The molecule has 36 heavy (non-hydrogen) atoms. The van der Waals surface area contributed by atoms with Gasteiger partial charge in [0.2, 0.25) is 5.89 Å². The zero-order valence-corrected chi connectivity index (χ0v) is 20.1. The summed E-state index contributed by atoms with van der Waals surface area (Å²) >= 11 is 0. The second-order valence-electron chi connectivity index (χ2n) is 9.19. The second kappa shape index (κ2) is 7.92. The van der Waals surface area contributed by atoms with Gasteiger partial charge in [0.1, 0.15) is 11.2 Å². The van der Waals surface area contributed by atoms with Crippen LogP contribution < -0.4 is 4.57 Å². The van der Waals surface area contributed by atoms with Crippen LogP contribution in [0.2, 0.25) is 0 Å². The molecule has 5 aromatic carbocycles. The van der Waals surface area contributed by atoms with E-state index in [0.717, 1.165) is 50.3 Å². The Bertz CT molecular complexity index is 1910. The van der Waals surface area contributed by atoms with Gasteiger partial charge in [-0.2, -0.15) is 4.57 Å². The molecule has 4 heteroatoms. The molecule has 0 N–H and O–H groups in total. The van der Waals surface area contributed by atoms with Crippen molar-refractivity contribution in [3.8, 4) is 28.5 Å². The van der Waals surface area contributed by atoms with Crippen molar-refractivity contribution < 1.29 is 8.98 Å². The molecule has 0 spiro atoms. The highest BCUT2D eigenvalue weighted by Crippen LogP contribution is 2.37. The minimum Gasteiger partial charge on any atom is -0.436 e. The third-order valence-electron chi connectivity index (χ3n) is 7.03. The van der Waals surface area contributed by atoms with Crippen LogP contribution >= 0.6 is 0 Å². The lowest BCUT2D eigenvalue weighted by molar-refractivity contribution is -0.633. The fourth-order valence-electron chi connectivity index (χ4n) is 5.32. The Kier molecular flexibility index (Phi) is 4.55. The van der Waals surface area contributed by atoms with E-state index in [9.17, 15) is 0 Å². The van der Waals surface area contributed by atoms with E-state index < -0.39 is 0 Å². The minimum atomic E-state index is 0.632. The normalized spacial score (nSPS) is 11.6. The molecule has 7 aromatic rings. The topological polar surface area (TPSA) is 34.8 Å². The molecule has 0 aliphatic heterocycles. The van der Waals surface area contributed by atoms with Crippen molar-refractivity contribution in [2.45, 2.75) is 6.92 Å². The van der Waals surface area contributed by atoms with Gasteiger partial charge in [-0.3, -0.25) is 0 Å². The van der Waals surface area contributed by atoms with Crippen molar-refractivity contribution in [3.63, 3.8) is 0 Å². The lowest BCUT2D eigenvalue weighted by Gasteiger charge is -2.09. The largest absolute Gasteiger partial charge is 0.436 e. The molecular formula is C32H24N3O+. The Morgan fingerprint density at radius 2 is 1.50 bits per heavy atom. The summed E-state index contributed by atoms with van der Waals surface area (Å²) in [5, 5.41) is 2.42. The van der Waals surface area contributed by atoms with Crippen LogP contribution in [0.5, 0.6) is 0 Å². The summed E-state index contributed by atoms with van der Waals surface area (Å²) in [4.78, 5) is 5.04. The van der Waals surface area contributed by atoms with E-state index in [2.05, 4.69) is 95.9 Å². The van der Waals surface area contributed by atoms with Crippen LogP contribution in [0.1, 0.15) is 5.56 Å². The minimum absolute atomic E-state index is 0.632. The van der Waals surface area contributed by atoms with Gasteiger partial charge in [-0.1, -0.05) is 72.8 Å². The summed E-state index contributed by atoms with van der Waals surface area (Å²) < 4.78 is 10.9. The molecular weight excluding hydrogens is 442 g/mol. The highest BCUT2D eigenvalue weighted by atomic mass is 16.3. The highest BCUT2D eigenvalue weighted by molar-refractivity contribution is 5.97. The molecule has 2 aromatic heterocycles. The smallest absolute Gasteiger partial charge is 0.297 e. The van der Waals surface area contributed by atoms with Crippen molar-refractivity contribution >= 4 is 32.9 Å². The number of aryl methyl sites for hydroxylation is 2. The highest BCUT2D eigenvalue weighted by Gasteiger charge is 2.30. The SMILES string of the molecule is Cc1ccc2oc(-c3ccccc3)nc2c1-c1n(-c2cccc3ccccc23)c2ccccc2[n+]1C. The summed E-state index contributed by atoms with van der Waals surface area (Å²) in [6.45, 7) is 2.15. The average Bonchev–Trinajstić information content (AvgIpc) is 3.48. The number of hydrogen-bond acceptors (Lipinski definition) is 2. The zero-order valence-electron chi connectivity index (χ0n) is 20.1. The van der Waals surface area contributed by atoms with Crippen molar-refractivity contribution in [2.75, 3.05) is 0 Å². The fourth-order valence-corrected chi connectivity index (χ4v) is 5.32. The van der Waals surface area contributed by atoms with E-state index in [1.165, 1.54) is 10.8 Å². The Hall–Kier alpha value is -4.70. The summed E-state index contributed by atoms with van der Waals surface area (Å²) in [5.74, 6) is 1.71. The standard InChI is InChI=1S/C32H24N3O/c1-21-19-20-28-30(33-31(36-28)23-12-4-3-5-13-23)29(21)32-34(2)26-16-8-9-17-27(26)35(32)25-18-10-14-22-11-6-7-15-24(22)25/h3-20H,1-2H3/q+1. The lowest BCUT2D eigenvalue weighted by atomic mass is 10.0. The van der Waals surface area contributed by atoms with Crippen LogP contribution in [0.25, 0.3) is 61.4 Å².